The van der Waals surface area contributed by atoms with Gasteiger partial charge >= 0.3 is 0 Å². The lowest BCUT2D eigenvalue weighted by Crippen LogP contribution is -2.16. The van der Waals surface area contributed by atoms with Crippen molar-refractivity contribution in [3.05, 3.63) is 76.9 Å². The van der Waals surface area contributed by atoms with Gasteiger partial charge < -0.3 is 48.5 Å². The van der Waals surface area contributed by atoms with Gasteiger partial charge in [-0.25, -0.2) is 0 Å². The minimum absolute atomic E-state index is 0.170. The van der Waals surface area contributed by atoms with E-state index in [4.69, 9.17) is 37.9 Å². The van der Waals surface area contributed by atoms with Crippen LogP contribution in [0.2, 0.25) is 0 Å². The van der Waals surface area contributed by atoms with Gasteiger partial charge in [-0.1, -0.05) is 0 Å². The summed E-state index contributed by atoms with van der Waals surface area (Å²) < 4.78 is 43.3. The lowest BCUT2D eigenvalue weighted by molar-refractivity contribution is -0.393. The number of nitro groups is 4. The largest absolute Gasteiger partial charge is 0.377 e. The zero-order valence-corrected chi connectivity index (χ0v) is 28.5. The van der Waals surface area contributed by atoms with Crippen molar-refractivity contribution in [1.82, 2.24) is 0 Å². The molecule has 0 amide bonds. The summed E-state index contributed by atoms with van der Waals surface area (Å²) >= 11 is 0. The highest BCUT2D eigenvalue weighted by atomic mass is 16.6. The number of ether oxygens (including phenoxy) is 8. The molecular weight excluding hydrogens is 700 g/mol. The maximum Gasteiger partial charge on any atom is 0.299 e. The molecule has 0 bridgehead atoms. The molecule has 52 heavy (non-hydrogen) atoms. The van der Waals surface area contributed by atoms with Gasteiger partial charge in [-0.05, 0) is 12.1 Å². The summed E-state index contributed by atoms with van der Waals surface area (Å²) in [5.41, 5.74) is -1.14. The Kier molecular flexibility index (Phi) is 22.6. The molecule has 2 aromatic carbocycles. The molecule has 0 radical (unpaired) electrons. The van der Waals surface area contributed by atoms with Crippen LogP contribution in [0.15, 0.2) is 36.4 Å². The molecule has 2 N–H and O–H groups in total. The lowest BCUT2D eigenvalue weighted by atomic mass is 10.2. The third-order valence-electron chi connectivity index (χ3n) is 6.51. The van der Waals surface area contributed by atoms with Crippen molar-refractivity contribution in [3.63, 3.8) is 0 Å². The Balaban J connectivity index is 1.27. The molecule has 0 aliphatic carbocycles. The minimum atomic E-state index is -0.693. The molecule has 0 atom stereocenters. The molecule has 2 aromatic rings. The van der Waals surface area contributed by atoms with Crippen LogP contribution in [-0.4, -0.2) is 138 Å². The maximum absolute atomic E-state index is 11.1. The van der Waals surface area contributed by atoms with E-state index in [1.165, 1.54) is 24.3 Å². The Hall–Kier alpha value is -4.68. The van der Waals surface area contributed by atoms with Crippen LogP contribution in [-0.2, 0) is 37.9 Å². The van der Waals surface area contributed by atoms with Gasteiger partial charge in [0.05, 0.1) is 138 Å². The first-order valence-corrected chi connectivity index (χ1v) is 16.2. The molecule has 22 heteroatoms. The second-order valence-electron chi connectivity index (χ2n) is 10.2. The Morgan fingerprint density at radius 3 is 0.865 bits per heavy atom. The third kappa shape index (κ3) is 19.1. The van der Waals surface area contributed by atoms with Gasteiger partial charge in [-0.2, -0.15) is 0 Å². The van der Waals surface area contributed by atoms with Crippen LogP contribution in [0.5, 0.6) is 0 Å². The fourth-order valence-electron chi connectivity index (χ4n) is 4.03. The summed E-state index contributed by atoms with van der Waals surface area (Å²) in [6.07, 6.45) is 0. The number of nitrogens with zero attached hydrogens (tertiary/aromatic N) is 4. The van der Waals surface area contributed by atoms with E-state index in [0.29, 0.717) is 92.5 Å². The van der Waals surface area contributed by atoms with Gasteiger partial charge in [0.25, 0.3) is 22.7 Å². The Morgan fingerprint density at radius 1 is 0.385 bits per heavy atom. The topological polar surface area (TPSA) is 270 Å². The summed E-state index contributed by atoms with van der Waals surface area (Å²) in [5.74, 6) is 0. The number of non-ortho nitro benzene ring substituents is 2. The average molecular weight is 745 g/mol. The number of rotatable bonds is 33. The fourth-order valence-corrected chi connectivity index (χ4v) is 4.03. The standard InChI is InChI=1S/C30H44N6O16/c37-33(38)25-1-3-27(29(23-25)35(41)42)31-5-7-45-9-11-47-13-15-49-17-19-51-21-22-52-20-18-50-16-14-48-12-10-46-8-6-32-28-4-2-26(34(39)40)24-30(28)36(43)44/h1-4,23-24,31-32H,5-22H2. The van der Waals surface area contributed by atoms with E-state index in [-0.39, 0.29) is 60.4 Å². The van der Waals surface area contributed by atoms with E-state index in [1.807, 2.05) is 0 Å². The Bertz CT molecular complexity index is 1270. The van der Waals surface area contributed by atoms with Crippen molar-refractivity contribution < 1.29 is 57.6 Å². The van der Waals surface area contributed by atoms with E-state index in [2.05, 4.69) is 10.6 Å². The molecule has 0 saturated heterocycles. The van der Waals surface area contributed by atoms with Crippen LogP contribution in [0.1, 0.15) is 0 Å². The Morgan fingerprint density at radius 2 is 0.635 bits per heavy atom. The van der Waals surface area contributed by atoms with Gasteiger partial charge in [0.15, 0.2) is 0 Å². The number of benzene rings is 2. The van der Waals surface area contributed by atoms with E-state index in [1.54, 1.807) is 0 Å². The van der Waals surface area contributed by atoms with Gasteiger partial charge in [0.1, 0.15) is 11.4 Å². The van der Waals surface area contributed by atoms with Crippen LogP contribution in [0.3, 0.4) is 0 Å². The quantitative estimate of drug-likeness (QED) is 0.0604. The molecule has 22 nitrogen and oxygen atoms in total. The van der Waals surface area contributed by atoms with Crippen molar-refractivity contribution in [2.24, 2.45) is 0 Å². The molecule has 0 aromatic heterocycles. The molecule has 0 fully saturated rings. The first-order valence-electron chi connectivity index (χ1n) is 16.2. The minimum Gasteiger partial charge on any atom is -0.377 e. The van der Waals surface area contributed by atoms with Crippen molar-refractivity contribution >= 4 is 34.1 Å². The van der Waals surface area contributed by atoms with E-state index >= 15 is 0 Å². The second-order valence-corrected chi connectivity index (χ2v) is 10.2. The zero-order valence-electron chi connectivity index (χ0n) is 28.5. The summed E-state index contributed by atoms with van der Waals surface area (Å²) in [7, 11) is 0. The van der Waals surface area contributed by atoms with E-state index in [0.717, 1.165) is 12.1 Å². The van der Waals surface area contributed by atoms with Gasteiger partial charge in [-0.15, -0.1) is 0 Å². The average Bonchev–Trinajstić information content (AvgIpc) is 3.12. The zero-order chi connectivity index (χ0) is 37.8. The molecule has 0 aliphatic rings. The molecular formula is C30H44N6O16. The van der Waals surface area contributed by atoms with Crippen molar-refractivity contribution in [1.29, 1.82) is 0 Å². The second kappa shape index (κ2) is 27.0. The van der Waals surface area contributed by atoms with Gasteiger partial charge in [-0.3, -0.25) is 40.5 Å². The van der Waals surface area contributed by atoms with Crippen molar-refractivity contribution in [3.8, 4) is 0 Å². The monoisotopic (exact) mass is 744 g/mol. The van der Waals surface area contributed by atoms with Crippen LogP contribution in [0.4, 0.5) is 34.1 Å². The number of nitro benzene ring substituents is 4. The smallest absolute Gasteiger partial charge is 0.299 e. The lowest BCUT2D eigenvalue weighted by Gasteiger charge is -2.09. The highest BCUT2D eigenvalue weighted by Gasteiger charge is 2.20. The normalized spacial score (nSPS) is 11.0. The molecule has 2 rings (SSSR count). The Labute approximate surface area is 298 Å². The van der Waals surface area contributed by atoms with Crippen LogP contribution in [0, 0.1) is 40.5 Å². The number of hydrogen-bond donors (Lipinski definition) is 2. The SMILES string of the molecule is O=[N+]([O-])c1ccc(NCCOCCOCCOCCOCCOCCOCCOCCOCCNc2ccc([N+](=O)[O-])cc2[N+](=O)[O-])c([N+](=O)[O-])c1. The number of hydrogen-bond acceptors (Lipinski definition) is 18. The van der Waals surface area contributed by atoms with Gasteiger partial charge in [0.2, 0.25) is 0 Å². The highest BCUT2D eigenvalue weighted by Crippen LogP contribution is 2.29. The van der Waals surface area contributed by atoms with Gasteiger partial charge in [0, 0.05) is 25.2 Å². The number of nitrogens with one attached hydrogen (secondary N) is 2. The molecule has 0 aliphatic heterocycles. The van der Waals surface area contributed by atoms with Crippen molar-refractivity contribution in [2.45, 2.75) is 0 Å². The predicted molar refractivity (Wildman–Crippen MR) is 183 cm³/mol. The predicted octanol–water partition coefficient (Wildman–Crippen LogP) is 2.98. The summed E-state index contributed by atoms with van der Waals surface area (Å²) in [6.45, 7) is 6.33. The maximum atomic E-state index is 11.1. The first kappa shape index (κ1) is 43.5. The molecule has 290 valence electrons. The van der Waals surface area contributed by atoms with E-state index in [9.17, 15) is 40.5 Å². The number of anilines is 2. The molecule has 0 spiro atoms. The van der Waals surface area contributed by atoms with Crippen molar-refractivity contribution in [2.75, 3.05) is 129 Å². The summed E-state index contributed by atoms with van der Waals surface area (Å²) in [4.78, 5) is 41.1. The highest BCUT2D eigenvalue weighted by molar-refractivity contribution is 5.66. The third-order valence-corrected chi connectivity index (χ3v) is 6.51. The summed E-state index contributed by atoms with van der Waals surface area (Å²) in [5, 5.41) is 49.6. The van der Waals surface area contributed by atoms with E-state index < -0.39 is 19.7 Å². The van der Waals surface area contributed by atoms with Crippen LogP contribution in [0.25, 0.3) is 0 Å². The molecule has 0 saturated carbocycles. The van der Waals surface area contributed by atoms with Crippen LogP contribution < -0.4 is 10.6 Å². The van der Waals surface area contributed by atoms with Crippen LogP contribution >= 0.6 is 0 Å². The fraction of sp³-hybridized carbons (Fsp3) is 0.600. The summed E-state index contributed by atoms with van der Waals surface area (Å²) in [6, 6.07) is 6.77. The molecule has 0 heterocycles. The first-order chi connectivity index (χ1) is 25.2. The molecule has 0 unspecified atom stereocenters.